The molecule has 0 atom stereocenters. The smallest absolute Gasteiger partial charge is 0.138 e. The molecule has 0 aliphatic carbocycles. The summed E-state index contributed by atoms with van der Waals surface area (Å²) in [4.78, 5) is 8.11. The van der Waals surface area contributed by atoms with Crippen LogP contribution in [0.15, 0.2) is 29.2 Å². The summed E-state index contributed by atoms with van der Waals surface area (Å²) in [6, 6.07) is 3.75. The third kappa shape index (κ3) is 1.33. The van der Waals surface area contributed by atoms with Crippen LogP contribution in [0, 0.1) is 0 Å². The molecule has 0 radical (unpaired) electrons. The second-order valence-electron chi connectivity index (χ2n) is 2.22. The standard InChI is InChI=1S/C8H5ClN2S/c9-8-6(2-1-3-10-8)7-4-12-5-11-7/h1-5H. The molecule has 0 aromatic carbocycles. The van der Waals surface area contributed by atoms with Gasteiger partial charge in [-0.25, -0.2) is 9.97 Å². The van der Waals surface area contributed by atoms with Gasteiger partial charge in [0, 0.05) is 17.1 Å². The Hall–Kier alpha value is -0.930. The molecule has 0 saturated carbocycles. The molecule has 0 N–H and O–H groups in total. The lowest BCUT2D eigenvalue weighted by Crippen LogP contribution is -1.81. The Morgan fingerprint density at radius 2 is 2.25 bits per heavy atom. The molecule has 12 heavy (non-hydrogen) atoms. The molecular weight excluding hydrogens is 192 g/mol. The van der Waals surface area contributed by atoms with Crippen molar-refractivity contribution in [2.75, 3.05) is 0 Å². The average Bonchev–Trinajstić information content (AvgIpc) is 2.57. The zero-order chi connectivity index (χ0) is 8.39. The van der Waals surface area contributed by atoms with E-state index in [4.69, 9.17) is 11.6 Å². The Morgan fingerprint density at radius 1 is 1.33 bits per heavy atom. The molecule has 2 nitrogen and oxygen atoms in total. The molecule has 0 fully saturated rings. The van der Waals surface area contributed by atoms with E-state index in [2.05, 4.69) is 9.97 Å². The molecule has 2 aromatic heterocycles. The van der Waals surface area contributed by atoms with Crippen molar-refractivity contribution in [1.82, 2.24) is 9.97 Å². The number of hydrogen-bond donors (Lipinski definition) is 0. The van der Waals surface area contributed by atoms with Crippen LogP contribution in [0.3, 0.4) is 0 Å². The molecule has 2 rings (SSSR count). The highest BCUT2D eigenvalue weighted by atomic mass is 35.5. The van der Waals surface area contributed by atoms with Crippen LogP contribution in [0.1, 0.15) is 0 Å². The summed E-state index contributed by atoms with van der Waals surface area (Å²) in [7, 11) is 0. The van der Waals surface area contributed by atoms with Crippen molar-refractivity contribution in [3.8, 4) is 11.3 Å². The summed E-state index contributed by atoms with van der Waals surface area (Å²) in [5.41, 5.74) is 3.55. The maximum Gasteiger partial charge on any atom is 0.138 e. The first-order valence-electron chi connectivity index (χ1n) is 3.37. The normalized spacial score (nSPS) is 10.1. The molecule has 0 bridgehead atoms. The predicted octanol–water partition coefficient (Wildman–Crippen LogP) is 2.86. The fourth-order valence-electron chi connectivity index (χ4n) is 0.923. The lowest BCUT2D eigenvalue weighted by Gasteiger charge is -1.96. The van der Waals surface area contributed by atoms with Crippen LogP contribution in [0.5, 0.6) is 0 Å². The van der Waals surface area contributed by atoms with Gasteiger partial charge in [-0.1, -0.05) is 11.6 Å². The van der Waals surface area contributed by atoms with E-state index in [0.29, 0.717) is 5.15 Å². The van der Waals surface area contributed by atoms with Crippen molar-refractivity contribution >= 4 is 22.9 Å². The predicted molar refractivity (Wildman–Crippen MR) is 50.4 cm³/mol. The van der Waals surface area contributed by atoms with E-state index in [1.807, 2.05) is 17.5 Å². The van der Waals surface area contributed by atoms with Crippen LogP contribution < -0.4 is 0 Å². The maximum atomic E-state index is 5.87. The van der Waals surface area contributed by atoms with E-state index in [1.165, 1.54) is 0 Å². The fourth-order valence-corrected chi connectivity index (χ4v) is 1.69. The van der Waals surface area contributed by atoms with Crippen molar-refractivity contribution in [2.45, 2.75) is 0 Å². The van der Waals surface area contributed by atoms with Crippen LogP contribution >= 0.6 is 22.9 Å². The highest BCUT2D eigenvalue weighted by molar-refractivity contribution is 7.07. The van der Waals surface area contributed by atoms with E-state index >= 15 is 0 Å². The number of rotatable bonds is 1. The first kappa shape index (κ1) is 7.71. The highest BCUT2D eigenvalue weighted by Gasteiger charge is 2.03. The Morgan fingerprint density at radius 3 is 2.92 bits per heavy atom. The van der Waals surface area contributed by atoms with Crippen LogP contribution in [-0.2, 0) is 0 Å². The van der Waals surface area contributed by atoms with Gasteiger partial charge in [-0.15, -0.1) is 11.3 Å². The Balaban J connectivity index is 2.55. The minimum absolute atomic E-state index is 0.503. The molecule has 0 spiro atoms. The van der Waals surface area contributed by atoms with Gasteiger partial charge in [-0.2, -0.15) is 0 Å². The molecule has 2 aromatic rings. The van der Waals surface area contributed by atoms with Gasteiger partial charge in [0.1, 0.15) is 5.15 Å². The van der Waals surface area contributed by atoms with Crippen LogP contribution in [0.2, 0.25) is 5.15 Å². The van der Waals surface area contributed by atoms with Gasteiger partial charge in [0.2, 0.25) is 0 Å². The number of nitrogens with zero attached hydrogens (tertiary/aromatic N) is 2. The topological polar surface area (TPSA) is 25.8 Å². The first-order chi connectivity index (χ1) is 5.88. The second kappa shape index (κ2) is 3.21. The van der Waals surface area contributed by atoms with Gasteiger partial charge in [0.15, 0.2) is 0 Å². The highest BCUT2D eigenvalue weighted by Crippen LogP contribution is 2.24. The summed E-state index contributed by atoms with van der Waals surface area (Å²) in [6.07, 6.45) is 1.66. The number of hydrogen-bond acceptors (Lipinski definition) is 3. The molecule has 0 unspecified atom stereocenters. The largest absolute Gasteiger partial charge is 0.245 e. The molecule has 0 saturated heterocycles. The van der Waals surface area contributed by atoms with Crippen molar-refractivity contribution < 1.29 is 0 Å². The Bertz CT molecular complexity index is 372. The molecule has 0 amide bonds. The van der Waals surface area contributed by atoms with Crippen LogP contribution in [-0.4, -0.2) is 9.97 Å². The number of aromatic nitrogens is 2. The molecular formula is C8H5ClN2S. The van der Waals surface area contributed by atoms with Gasteiger partial charge in [0.25, 0.3) is 0 Å². The lowest BCUT2D eigenvalue weighted by atomic mass is 10.2. The van der Waals surface area contributed by atoms with Gasteiger partial charge in [0.05, 0.1) is 11.2 Å². The monoisotopic (exact) mass is 196 g/mol. The molecule has 60 valence electrons. The summed E-state index contributed by atoms with van der Waals surface area (Å²) < 4.78 is 0. The third-order valence-electron chi connectivity index (χ3n) is 1.47. The van der Waals surface area contributed by atoms with Gasteiger partial charge in [-0.3, -0.25) is 0 Å². The zero-order valence-corrected chi connectivity index (χ0v) is 7.64. The fraction of sp³-hybridized carbons (Fsp3) is 0. The van der Waals surface area contributed by atoms with E-state index in [0.717, 1.165) is 11.3 Å². The minimum Gasteiger partial charge on any atom is -0.245 e. The SMILES string of the molecule is Clc1ncccc1-c1cscn1. The number of thiazole rings is 1. The summed E-state index contributed by atoms with van der Waals surface area (Å²) in [6.45, 7) is 0. The molecule has 4 heteroatoms. The average molecular weight is 197 g/mol. The van der Waals surface area contributed by atoms with Crippen molar-refractivity contribution in [3.05, 3.63) is 34.4 Å². The van der Waals surface area contributed by atoms with Gasteiger partial charge in [-0.05, 0) is 12.1 Å². The number of halogens is 1. The summed E-state index contributed by atoms with van der Waals surface area (Å²) >= 11 is 7.41. The van der Waals surface area contributed by atoms with Crippen molar-refractivity contribution in [3.63, 3.8) is 0 Å². The molecule has 2 heterocycles. The van der Waals surface area contributed by atoms with E-state index < -0.39 is 0 Å². The Labute approximate surface area is 78.9 Å². The quantitative estimate of drug-likeness (QED) is 0.656. The van der Waals surface area contributed by atoms with E-state index in [9.17, 15) is 0 Å². The molecule has 0 aliphatic heterocycles. The van der Waals surface area contributed by atoms with E-state index in [1.54, 1.807) is 23.0 Å². The molecule has 0 aliphatic rings. The summed E-state index contributed by atoms with van der Waals surface area (Å²) in [5.74, 6) is 0. The Kier molecular flexibility index (Phi) is 2.06. The van der Waals surface area contributed by atoms with E-state index in [-0.39, 0.29) is 0 Å². The maximum absolute atomic E-state index is 5.87. The van der Waals surface area contributed by atoms with Crippen LogP contribution in [0.4, 0.5) is 0 Å². The van der Waals surface area contributed by atoms with Crippen LogP contribution in [0.25, 0.3) is 11.3 Å². The third-order valence-corrected chi connectivity index (χ3v) is 2.36. The van der Waals surface area contributed by atoms with Gasteiger partial charge >= 0.3 is 0 Å². The van der Waals surface area contributed by atoms with Gasteiger partial charge < -0.3 is 0 Å². The van der Waals surface area contributed by atoms with Crippen molar-refractivity contribution in [1.29, 1.82) is 0 Å². The summed E-state index contributed by atoms with van der Waals surface area (Å²) in [5, 5.41) is 2.45. The first-order valence-corrected chi connectivity index (χ1v) is 4.69. The minimum atomic E-state index is 0.503. The lowest BCUT2D eigenvalue weighted by molar-refractivity contribution is 1.31. The number of pyridine rings is 1. The second-order valence-corrected chi connectivity index (χ2v) is 3.29. The zero-order valence-electron chi connectivity index (χ0n) is 6.07. The van der Waals surface area contributed by atoms with Crippen molar-refractivity contribution in [2.24, 2.45) is 0 Å².